The Balaban J connectivity index is 2.21. The minimum absolute atomic E-state index is 0.0620. The van der Waals surface area contributed by atoms with Crippen LogP contribution in [0.1, 0.15) is 25.5 Å². The molecule has 6 heteroatoms. The van der Waals surface area contributed by atoms with Gasteiger partial charge >= 0.3 is 0 Å². The van der Waals surface area contributed by atoms with Gasteiger partial charge in [-0.15, -0.1) is 0 Å². The number of nitrogens with one attached hydrogen (secondary N) is 1. The lowest BCUT2D eigenvalue weighted by molar-refractivity contribution is 0.575. The molecule has 0 amide bonds. The molecule has 0 unspecified atom stereocenters. The van der Waals surface area contributed by atoms with E-state index >= 15 is 0 Å². The van der Waals surface area contributed by atoms with Crippen LogP contribution in [0, 0.1) is 5.82 Å². The average Bonchev–Trinajstić information content (AvgIpc) is 2.41. The predicted molar refractivity (Wildman–Crippen MR) is 80.3 cm³/mol. The van der Waals surface area contributed by atoms with Crippen molar-refractivity contribution in [1.82, 2.24) is 9.55 Å². The summed E-state index contributed by atoms with van der Waals surface area (Å²) in [5, 5.41) is 2.95. The molecule has 20 heavy (non-hydrogen) atoms. The second-order valence-corrected chi connectivity index (χ2v) is 5.53. The van der Waals surface area contributed by atoms with E-state index < -0.39 is 0 Å². The van der Waals surface area contributed by atoms with E-state index in [9.17, 15) is 9.18 Å². The Bertz CT molecular complexity index is 670. The van der Waals surface area contributed by atoms with Crippen LogP contribution < -0.4 is 10.9 Å². The van der Waals surface area contributed by atoms with Gasteiger partial charge in [-0.2, -0.15) is 0 Å². The molecule has 1 aromatic carbocycles. The molecule has 0 radical (unpaired) electrons. The van der Waals surface area contributed by atoms with Crippen LogP contribution in [0.25, 0.3) is 0 Å². The van der Waals surface area contributed by atoms with E-state index in [1.807, 2.05) is 13.8 Å². The molecule has 0 saturated carbocycles. The fraction of sp³-hybridized carbons (Fsp3) is 0.286. The smallest absolute Gasteiger partial charge is 0.293 e. The summed E-state index contributed by atoms with van der Waals surface area (Å²) in [6, 6.07) is 4.49. The van der Waals surface area contributed by atoms with Crippen molar-refractivity contribution in [2.75, 3.05) is 5.32 Å². The molecule has 0 saturated heterocycles. The first-order valence-corrected chi connectivity index (χ1v) is 7.03. The fourth-order valence-electron chi connectivity index (χ4n) is 1.81. The zero-order valence-corrected chi connectivity index (χ0v) is 12.8. The molecule has 1 N–H and O–H groups in total. The predicted octanol–water partition coefficient (Wildman–Crippen LogP) is 3.34. The van der Waals surface area contributed by atoms with Crippen molar-refractivity contribution < 1.29 is 4.39 Å². The molecule has 1 heterocycles. The number of hydrogen-bond acceptors (Lipinski definition) is 3. The summed E-state index contributed by atoms with van der Waals surface area (Å²) in [6.45, 7) is 4.17. The van der Waals surface area contributed by atoms with E-state index in [2.05, 4.69) is 26.2 Å². The number of nitrogens with zero attached hydrogens (tertiary/aromatic N) is 2. The molecule has 0 spiro atoms. The second-order valence-electron chi connectivity index (χ2n) is 4.67. The van der Waals surface area contributed by atoms with Crippen molar-refractivity contribution in [2.24, 2.45) is 0 Å². The van der Waals surface area contributed by atoms with Gasteiger partial charge in [-0.05, 0) is 37.6 Å². The Kier molecular flexibility index (Phi) is 4.54. The maximum atomic E-state index is 13.2. The van der Waals surface area contributed by atoms with E-state index in [0.29, 0.717) is 6.54 Å². The topological polar surface area (TPSA) is 46.9 Å². The molecule has 0 atom stereocenters. The summed E-state index contributed by atoms with van der Waals surface area (Å²) in [5.74, 6) is -0.0528. The molecule has 0 aliphatic heterocycles. The maximum Gasteiger partial charge on any atom is 0.293 e. The monoisotopic (exact) mass is 339 g/mol. The highest BCUT2D eigenvalue weighted by Crippen LogP contribution is 2.18. The third-order valence-corrected chi connectivity index (χ3v) is 3.65. The third-order valence-electron chi connectivity index (χ3n) is 2.88. The Labute approximate surface area is 124 Å². The quantitative estimate of drug-likeness (QED) is 0.929. The molecule has 0 aliphatic rings. The normalized spacial score (nSPS) is 10.8. The lowest BCUT2D eigenvalue weighted by Crippen LogP contribution is -2.25. The number of halogens is 2. The molecule has 106 valence electrons. The van der Waals surface area contributed by atoms with Gasteiger partial charge in [0.15, 0.2) is 5.82 Å². The van der Waals surface area contributed by atoms with Gasteiger partial charge in [-0.3, -0.25) is 4.79 Å². The van der Waals surface area contributed by atoms with Crippen LogP contribution in [-0.2, 0) is 6.54 Å². The second kappa shape index (κ2) is 6.17. The van der Waals surface area contributed by atoms with Crippen LogP contribution in [0.4, 0.5) is 10.2 Å². The van der Waals surface area contributed by atoms with Crippen LogP contribution in [0.3, 0.4) is 0 Å². The number of rotatable bonds is 4. The minimum Gasteiger partial charge on any atom is -0.361 e. The van der Waals surface area contributed by atoms with Gasteiger partial charge in [-0.1, -0.05) is 15.9 Å². The molecule has 1 aromatic heterocycles. The van der Waals surface area contributed by atoms with Gasteiger partial charge < -0.3 is 9.88 Å². The first kappa shape index (κ1) is 14.7. The van der Waals surface area contributed by atoms with E-state index in [0.717, 1.165) is 10.0 Å². The molecular formula is C14H15BrFN3O. The molecule has 2 aromatic rings. The summed E-state index contributed by atoms with van der Waals surface area (Å²) < 4.78 is 15.6. The number of aromatic nitrogens is 2. The van der Waals surface area contributed by atoms with E-state index in [1.165, 1.54) is 12.1 Å². The average molecular weight is 340 g/mol. The Morgan fingerprint density at radius 2 is 2.20 bits per heavy atom. The number of benzene rings is 1. The lowest BCUT2D eigenvalue weighted by atomic mass is 10.2. The van der Waals surface area contributed by atoms with Crippen LogP contribution in [0.5, 0.6) is 0 Å². The van der Waals surface area contributed by atoms with Crippen molar-refractivity contribution in [3.05, 3.63) is 56.8 Å². The zero-order chi connectivity index (χ0) is 14.7. The number of anilines is 1. The standard InChI is InChI=1S/C14H15BrFN3O/c1-9(2)19-6-5-17-13(14(19)20)18-8-10-7-11(16)3-4-12(10)15/h3-7,9H,8H2,1-2H3,(H,17,18). The third kappa shape index (κ3) is 3.25. The van der Waals surface area contributed by atoms with Crippen molar-refractivity contribution in [1.29, 1.82) is 0 Å². The van der Waals surface area contributed by atoms with Gasteiger partial charge in [0.25, 0.3) is 5.56 Å². The highest BCUT2D eigenvalue weighted by atomic mass is 79.9. The van der Waals surface area contributed by atoms with Crippen molar-refractivity contribution in [2.45, 2.75) is 26.4 Å². The molecule has 0 aliphatic carbocycles. The lowest BCUT2D eigenvalue weighted by Gasteiger charge is -2.12. The van der Waals surface area contributed by atoms with Crippen molar-refractivity contribution in [3.63, 3.8) is 0 Å². The molecular weight excluding hydrogens is 325 g/mol. The van der Waals surface area contributed by atoms with Gasteiger partial charge in [0, 0.05) is 29.5 Å². The molecule has 0 bridgehead atoms. The largest absolute Gasteiger partial charge is 0.361 e. The molecule has 2 rings (SSSR count). The van der Waals surface area contributed by atoms with Crippen LogP contribution >= 0.6 is 15.9 Å². The first-order valence-electron chi connectivity index (χ1n) is 6.24. The van der Waals surface area contributed by atoms with Gasteiger partial charge in [0.05, 0.1) is 0 Å². The summed E-state index contributed by atoms with van der Waals surface area (Å²) >= 11 is 3.35. The van der Waals surface area contributed by atoms with E-state index in [4.69, 9.17) is 0 Å². The van der Waals surface area contributed by atoms with Crippen molar-refractivity contribution >= 4 is 21.7 Å². The summed E-state index contributed by atoms with van der Waals surface area (Å²) in [5.41, 5.74) is 0.543. The number of hydrogen-bond donors (Lipinski definition) is 1. The molecule has 4 nitrogen and oxygen atoms in total. The Morgan fingerprint density at radius 3 is 2.90 bits per heavy atom. The van der Waals surface area contributed by atoms with Gasteiger partial charge in [0.1, 0.15) is 5.82 Å². The fourth-order valence-corrected chi connectivity index (χ4v) is 2.20. The van der Waals surface area contributed by atoms with Crippen molar-refractivity contribution in [3.8, 4) is 0 Å². The zero-order valence-electron chi connectivity index (χ0n) is 11.2. The summed E-state index contributed by atoms with van der Waals surface area (Å²) in [4.78, 5) is 16.2. The Morgan fingerprint density at radius 1 is 1.45 bits per heavy atom. The van der Waals surface area contributed by atoms with Gasteiger partial charge in [-0.25, -0.2) is 9.37 Å². The first-order chi connectivity index (χ1) is 9.49. The maximum absolute atomic E-state index is 13.2. The SMILES string of the molecule is CC(C)n1ccnc(NCc2cc(F)ccc2Br)c1=O. The molecule has 0 fully saturated rings. The van der Waals surface area contributed by atoms with Crippen LogP contribution in [-0.4, -0.2) is 9.55 Å². The van der Waals surface area contributed by atoms with Crippen LogP contribution in [0.2, 0.25) is 0 Å². The summed E-state index contributed by atoms with van der Waals surface area (Å²) in [7, 11) is 0. The van der Waals surface area contributed by atoms with Crippen LogP contribution in [0.15, 0.2) is 39.9 Å². The van der Waals surface area contributed by atoms with Gasteiger partial charge in [0.2, 0.25) is 0 Å². The van der Waals surface area contributed by atoms with E-state index in [-0.39, 0.29) is 23.2 Å². The van der Waals surface area contributed by atoms with E-state index in [1.54, 1.807) is 23.0 Å². The highest BCUT2D eigenvalue weighted by molar-refractivity contribution is 9.10. The Hall–Kier alpha value is -1.69. The summed E-state index contributed by atoms with van der Waals surface area (Å²) in [6.07, 6.45) is 3.22. The minimum atomic E-state index is -0.314. The highest BCUT2D eigenvalue weighted by Gasteiger charge is 2.08.